The smallest absolute Gasteiger partial charge is 0.260 e. The van der Waals surface area contributed by atoms with Crippen LogP contribution in [0.3, 0.4) is 0 Å². The Bertz CT molecular complexity index is 894. The van der Waals surface area contributed by atoms with Crippen molar-refractivity contribution < 1.29 is 9.53 Å². The Morgan fingerprint density at radius 1 is 1.27 bits per heavy atom. The molecule has 1 aliphatic rings. The molecule has 3 aromatic rings. The minimum absolute atomic E-state index is 0.0378. The Morgan fingerprint density at radius 3 is 3.00 bits per heavy atom. The van der Waals surface area contributed by atoms with Gasteiger partial charge in [0.05, 0.1) is 15.2 Å². The lowest BCUT2D eigenvalue weighted by Crippen LogP contribution is -2.41. The molecule has 1 amide bonds. The number of hydrogen-bond acceptors (Lipinski definition) is 4. The molecule has 0 aliphatic carbocycles. The number of nitrogens with zero attached hydrogens (tertiary/aromatic N) is 2. The number of thiazole rings is 1. The standard InChI is InChI=1S/C20H19BrN2O2S/c21-15-6-3-7-16(11-15)25-13-19(24)23-10-4-5-14(12-23)20-22-17-8-1-2-9-18(17)26-20/h1-3,6-9,11,14H,4-5,10,12-13H2. The third-order valence-electron chi connectivity index (χ3n) is 4.59. The number of piperidine rings is 1. The summed E-state index contributed by atoms with van der Waals surface area (Å²) in [6.07, 6.45) is 2.08. The molecule has 2 aromatic carbocycles. The number of ether oxygens (including phenoxy) is 1. The van der Waals surface area contributed by atoms with E-state index in [1.165, 1.54) is 4.70 Å². The van der Waals surface area contributed by atoms with Crippen molar-refractivity contribution in [3.63, 3.8) is 0 Å². The summed E-state index contributed by atoms with van der Waals surface area (Å²) < 4.78 is 7.81. The van der Waals surface area contributed by atoms with Gasteiger partial charge in [0.1, 0.15) is 5.75 Å². The molecule has 26 heavy (non-hydrogen) atoms. The fourth-order valence-electron chi connectivity index (χ4n) is 3.26. The second kappa shape index (κ2) is 7.76. The van der Waals surface area contributed by atoms with Gasteiger partial charge in [0.25, 0.3) is 5.91 Å². The Hall–Kier alpha value is -1.92. The van der Waals surface area contributed by atoms with Crippen LogP contribution in [0.15, 0.2) is 53.0 Å². The van der Waals surface area contributed by atoms with Gasteiger partial charge in [0.2, 0.25) is 0 Å². The maximum Gasteiger partial charge on any atom is 0.260 e. The summed E-state index contributed by atoms with van der Waals surface area (Å²) in [5, 5.41) is 1.14. The van der Waals surface area contributed by atoms with Crippen molar-refractivity contribution in [1.29, 1.82) is 0 Å². The fourth-order valence-corrected chi connectivity index (χ4v) is 4.73. The van der Waals surface area contributed by atoms with Crippen LogP contribution in [-0.2, 0) is 4.79 Å². The molecule has 0 bridgehead atoms. The SMILES string of the molecule is O=C(COc1cccc(Br)c1)N1CCCC(c2nc3ccccc3s2)C1. The van der Waals surface area contributed by atoms with Crippen LogP contribution in [-0.4, -0.2) is 35.5 Å². The lowest BCUT2D eigenvalue weighted by atomic mass is 9.99. The highest BCUT2D eigenvalue weighted by Gasteiger charge is 2.27. The molecule has 0 spiro atoms. The van der Waals surface area contributed by atoms with Gasteiger partial charge in [0.15, 0.2) is 6.61 Å². The Morgan fingerprint density at radius 2 is 2.15 bits per heavy atom. The zero-order valence-corrected chi connectivity index (χ0v) is 16.6. The highest BCUT2D eigenvalue weighted by molar-refractivity contribution is 9.10. The summed E-state index contributed by atoms with van der Waals surface area (Å²) >= 11 is 5.16. The molecular weight excluding hydrogens is 412 g/mol. The molecule has 1 fully saturated rings. The van der Waals surface area contributed by atoms with Gasteiger partial charge < -0.3 is 9.64 Å². The van der Waals surface area contributed by atoms with Gasteiger partial charge in [0, 0.05) is 23.5 Å². The van der Waals surface area contributed by atoms with E-state index < -0.39 is 0 Å². The van der Waals surface area contributed by atoms with Crippen molar-refractivity contribution in [2.75, 3.05) is 19.7 Å². The Kier molecular flexibility index (Phi) is 5.22. The molecule has 134 valence electrons. The van der Waals surface area contributed by atoms with Crippen molar-refractivity contribution in [1.82, 2.24) is 9.88 Å². The third kappa shape index (κ3) is 3.91. The first kappa shape index (κ1) is 17.5. The molecule has 0 saturated carbocycles. The lowest BCUT2D eigenvalue weighted by Gasteiger charge is -2.31. The Balaban J connectivity index is 1.40. The van der Waals surface area contributed by atoms with Crippen LogP contribution in [0.25, 0.3) is 10.2 Å². The van der Waals surface area contributed by atoms with E-state index in [4.69, 9.17) is 9.72 Å². The number of hydrogen-bond donors (Lipinski definition) is 0. The first-order valence-corrected chi connectivity index (χ1v) is 10.3. The number of carbonyl (C=O) groups excluding carboxylic acids is 1. The number of aromatic nitrogens is 1. The van der Waals surface area contributed by atoms with Gasteiger partial charge in [-0.05, 0) is 43.2 Å². The van der Waals surface area contributed by atoms with Gasteiger partial charge >= 0.3 is 0 Å². The van der Waals surface area contributed by atoms with Crippen molar-refractivity contribution in [3.05, 3.63) is 58.0 Å². The quantitative estimate of drug-likeness (QED) is 0.594. The average molecular weight is 431 g/mol. The van der Waals surface area contributed by atoms with E-state index in [9.17, 15) is 4.79 Å². The molecule has 4 rings (SSSR count). The van der Waals surface area contributed by atoms with Crippen LogP contribution in [0.5, 0.6) is 5.75 Å². The first-order valence-electron chi connectivity index (χ1n) is 8.70. The minimum atomic E-state index is 0.0378. The monoisotopic (exact) mass is 430 g/mol. The summed E-state index contributed by atoms with van der Waals surface area (Å²) in [6.45, 7) is 1.59. The minimum Gasteiger partial charge on any atom is -0.484 e. The fraction of sp³-hybridized carbons (Fsp3) is 0.300. The van der Waals surface area contributed by atoms with Gasteiger partial charge in [-0.2, -0.15) is 0 Å². The molecule has 1 aliphatic heterocycles. The molecule has 0 radical (unpaired) electrons. The third-order valence-corrected chi connectivity index (χ3v) is 6.28. The van der Waals surface area contributed by atoms with Crippen molar-refractivity contribution in [2.24, 2.45) is 0 Å². The average Bonchev–Trinajstić information content (AvgIpc) is 3.10. The van der Waals surface area contributed by atoms with Crippen molar-refractivity contribution >= 4 is 43.4 Å². The second-order valence-corrected chi connectivity index (χ2v) is 8.42. The van der Waals surface area contributed by atoms with Gasteiger partial charge in [-0.1, -0.05) is 34.1 Å². The number of para-hydroxylation sites is 1. The normalized spacial score (nSPS) is 17.4. The molecule has 6 heteroatoms. The second-order valence-electron chi connectivity index (χ2n) is 6.44. The van der Waals surface area contributed by atoms with Crippen LogP contribution in [0.2, 0.25) is 0 Å². The molecule has 1 aromatic heterocycles. The van der Waals surface area contributed by atoms with Crippen LogP contribution in [0, 0.1) is 0 Å². The van der Waals surface area contributed by atoms with Gasteiger partial charge in [-0.15, -0.1) is 11.3 Å². The van der Waals surface area contributed by atoms with E-state index in [1.54, 1.807) is 11.3 Å². The number of benzene rings is 2. The first-order chi connectivity index (χ1) is 12.7. The summed E-state index contributed by atoms with van der Waals surface area (Å²) in [7, 11) is 0. The molecule has 1 saturated heterocycles. The maximum atomic E-state index is 12.6. The predicted molar refractivity (Wildman–Crippen MR) is 108 cm³/mol. The molecule has 1 unspecified atom stereocenters. The van der Waals surface area contributed by atoms with E-state index in [1.807, 2.05) is 47.4 Å². The highest BCUT2D eigenvalue weighted by atomic mass is 79.9. The molecule has 0 N–H and O–H groups in total. The molecule has 4 nitrogen and oxygen atoms in total. The van der Waals surface area contributed by atoms with E-state index in [-0.39, 0.29) is 12.5 Å². The van der Waals surface area contributed by atoms with E-state index in [0.717, 1.165) is 40.9 Å². The van der Waals surface area contributed by atoms with Crippen LogP contribution in [0.4, 0.5) is 0 Å². The summed E-state index contributed by atoms with van der Waals surface area (Å²) in [6, 6.07) is 15.8. The van der Waals surface area contributed by atoms with Crippen LogP contribution < -0.4 is 4.74 Å². The zero-order valence-electron chi connectivity index (χ0n) is 14.2. The number of fused-ring (bicyclic) bond motifs is 1. The summed E-state index contributed by atoms with van der Waals surface area (Å²) in [5.74, 6) is 1.05. The number of carbonyl (C=O) groups is 1. The Labute approximate surface area is 164 Å². The van der Waals surface area contributed by atoms with Crippen LogP contribution >= 0.6 is 27.3 Å². The van der Waals surface area contributed by atoms with Crippen molar-refractivity contribution in [2.45, 2.75) is 18.8 Å². The van der Waals surface area contributed by atoms with E-state index in [2.05, 4.69) is 22.0 Å². The number of likely N-dealkylation sites (tertiary alicyclic amines) is 1. The summed E-state index contributed by atoms with van der Waals surface area (Å²) in [5.41, 5.74) is 1.05. The lowest BCUT2D eigenvalue weighted by molar-refractivity contribution is -0.134. The van der Waals surface area contributed by atoms with E-state index in [0.29, 0.717) is 11.7 Å². The van der Waals surface area contributed by atoms with E-state index >= 15 is 0 Å². The largest absolute Gasteiger partial charge is 0.484 e. The summed E-state index contributed by atoms with van der Waals surface area (Å²) in [4.78, 5) is 19.3. The molecular formula is C20H19BrN2O2S. The van der Waals surface area contributed by atoms with Gasteiger partial charge in [-0.3, -0.25) is 4.79 Å². The number of amides is 1. The topological polar surface area (TPSA) is 42.4 Å². The molecule has 1 atom stereocenters. The van der Waals surface area contributed by atoms with Gasteiger partial charge in [-0.25, -0.2) is 4.98 Å². The molecule has 2 heterocycles. The number of halogens is 1. The van der Waals surface area contributed by atoms with Crippen molar-refractivity contribution in [3.8, 4) is 5.75 Å². The number of rotatable bonds is 4. The highest BCUT2D eigenvalue weighted by Crippen LogP contribution is 2.33. The maximum absolute atomic E-state index is 12.6. The zero-order chi connectivity index (χ0) is 17.9. The van der Waals surface area contributed by atoms with Crippen LogP contribution in [0.1, 0.15) is 23.8 Å². The predicted octanol–water partition coefficient (Wildman–Crippen LogP) is 4.84.